The Kier molecular flexibility index (Phi) is 5.91. The van der Waals surface area contributed by atoms with Crippen LogP contribution in [0.2, 0.25) is 0 Å². The van der Waals surface area contributed by atoms with Gasteiger partial charge in [-0.25, -0.2) is 21.2 Å². The fourth-order valence-corrected chi connectivity index (χ4v) is 6.24. The summed E-state index contributed by atoms with van der Waals surface area (Å²) in [6.45, 7) is 0.212. The first-order chi connectivity index (χ1) is 15.6. The van der Waals surface area contributed by atoms with E-state index in [1.807, 2.05) is 0 Å². The van der Waals surface area contributed by atoms with Crippen molar-refractivity contribution in [2.24, 2.45) is 0 Å². The average molecular weight is 492 g/mol. The molecule has 0 spiro atoms. The molecule has 1 heterocycles. The van der Waals surface area contributed by atoms with Crippen LogP contribution in [0.4, 0.5) is 15.8 Å². The third-order valence-corrected chi connectivity index (χ3v) is 8.53. The van der Waals surface area contributed by atoms with Crippen molar-refractivity contribution in [2.75, 3.05) is 11.3 Å². The summed E-state index contributed by atoms with van der Waals surface area (Å²) >= 11 is 0. The average Bonchev–Trinajstić information content (AvgIpc) is 2.78. The number of rotatable bonds is 6. The number of benzene rings is 3. The smallest absolute Gasteiger partial charge is 0.279 e. The van der Waals surface area contributed by atoms with Gasteiger partial charge in [0.1, 0.15) is 5.82 Å². The lowest BCUT2D eigenvalue weighted by atomic mass is 10.0. The quantitative estimate of drug-likeness (QED) is 0.417. The minimum absolute atomic E-state index is 0.00387. The molecule has 0 aliphatic carbocycles. The predicted molar refractivity (Wildman–Crippen MR) is 118 cm³/mol. The van der Waals surface area contributed by atoms with Gasteiger partial charge in [-0.05, 0) is 60.0 Å². The van der Waals surface area contributed by atoms with Crippen LogP contribution in [0.3, 0.4) is 0 Å². The van der Waals surface area contributed by atoms with Crippen LogP contribution in [0.15, 0.2) is 76.5 Å². The zero-order valence-electron chi connectivity index (χ0n) is 17.0. The summed E-state index contributed by atoms with van der Waals surface area (Å²) in [5, 5.41) is 11.2. The Labute approximate surface area is 189 Å². The van der Waals surface area contributed by atoms with Gasteiger partial charge in [0.25, 0.3) is 15.7 Å². The van der Waals surface area contributed by atoms with Crippen LogP contribution < -0.4 is 4.72 Å². The molecule has 0 atom stereocenters. The number of sulfonamides is 2. The number of para-hydroxylation sites is 1. The lowest BCUT2D eigenvalue weighted by molar-refractivity contribution is -0.387. The number of nitrogens with zero attached hydrogens (tertiary/aromatic N) is 2. The van der Waals surface area contributed by atoms with Crippen molar-refractivity contribution in [3.8, 4) is 0 Å². The van der Waals surface area contributed by atoms with Gasteiger partial charge in [0, 0.05) is 24.8 Å². The predicted octanol–water partition coefficient (Wildman–Crippen LogP) is 3.28. The fourth-order valence-electron chi connectivity index (χ4n) is 3.60. The van der Waals surface area contributed by atoms with Gasteiger partial charge < -0.3 is 0 Å². The van der Waals surface area contributed by atoms with Crippen molar-refractivity contribution in [3.05, 3.63) is 93.8 Å². The Balaban J connectivity index is 1.61. The summed E-state index contributed by atoms with van der Waals surface area (Å²) in [7, 11) is -8.14. The van der Waals surface area contributed by atoms with E-state index in [2.05, 4.69) is 4.72 Å². The Morgan fingerprint density at radius 1 is 0.939 bits per heavy atom. The monoisotopic (exact) mass is 491 g/mol. The van der Waals surface area contributed by atoms with Crippen LogP contribution in [-0.2, 0) is 33.0 Å². The number of hydrogen-bond donors (Lipinski definition) is 1. The summed E-state index contributed by atoms with van der Waals surface area (Å²) in [4.78, 5) is 9.91. The lowest BCUT2D eigenvalue weighted by Crippen LogP contribution is -2.36. The van der Waals surface area contributed by atoms with Gasteiger partial charge in [0.15, 0.2) is 4.90 Å². The molecular weight excluding hydrogens is 473 g/mol. The molecule has 1 aliphatic heterocycles. The Morgan fingerprint density at radius 3 is 2.33 bits per heavy atom. The molecule has 1 N–H and O–H groups in total. The molecule has 0 unspecified atom stereocenters. The van der Waals surface area contributed by atoms with E-state index in [0.29, 0.717) is 12.0 Å². The number of halogens is 1. The molecular formula is C21H18FN3O6S2. The first kappa shape index (κ1) is 22.8. The largest absolute Gasteiger partial charge is 0.289 e. The van der Waals surface area contributed by atoms with E-state index in [4.69, 9.17) is 0 Å². The molecule has 0 amide bonds. The molecule has 0 fully saturated rings. The highest BCUT2D eigenvalue weighted by Gasteiger charge is 2.29. The minimum atomic E-state index is -4.26. The summed E-state index contributed by atoms with van der Waals surface area (Å²) in [6.07, 6.45) is 0.410. The molecule has 0 saturated carbocycles. The zero-order chi connectivity index (χ0) is 23.8. The molecule has 172 valence electrons. The van der Waals surface area contributed by atoms with Crippen molar-refractivity contribution in [1.82, 2.24) is 4.31 Å². The van der Waals surface area contributed by atoms with Crippen LogP contribution in [0.25, 0.3) is 0 Å². The van der Waals surface area contributed by atoms with E-state index in [1.54, 1.807) is 6.07 Å². The standard InChI is InChI=1S/C21H18FN3O6S2/c22-17-6-9-19(10-7-17)33(30,31)24-12-11-15-5-8-18(13-16(15)14-24)23-32(28,29)21-4-2-1-3-20(21)25(26)27/h1-10,13,23H,11-12,14H2. The number of nitro groups is 1. The van der Waals surface area contributed by atoms with Gasteiger partial charge in [-0.2, -0.15) is 4.31 Å². The van der Waals surface area contributed by atoms with Crippen molar-refractivity contribution in [2.45, 2.75) is 22.8 Å². The van der Waals surface area contributed by atoms with Gasteiger partial charge in [-0.3, -0.25) is 14.8 Å². The molecule has 0 bridgehead atoms. The van der Waals surface area contributed by atoms with Crippen LogP contribution in [0.5, 0.6) is 0 Å². The maximum absolute atomic E-state index is 13.2. The molecule has 1 aliphatic rings. The molecule has 9 nitrogen and oxygen atoms in total. The topological polar surface area (TPSA) is 127 Å². The number of anilines is 1. The van der Waals surface area contributed by atoms with E-state index in [1.165, 1.54) is 40.7 Å². The molecule has 0 radical (unpaired) electrons. The van der Waals surface area contributed by atoms with Crippen LogP contribution in [-0.4, -0.2) is 32.6 Å². The van der Waals surface area contributed by atoms with Gasteiger partial charge in [0.2, 0.25) is 10.0 Å². The highest BCUT2D eigenvalue weighted by Crippen LogP contribution is 2.29. The van der Waals surface area contributed by atoms with Crippen LogP contribution in [0.1, 0.15) is 11.1 Å². The normalized spacial score (nSPS) is 14.5. The molecule has 12 heteroatoms. The highest BCUT2D eigenvalue weighted by atomic mass is 32.2. The van der Waals surface area contributed by atoms with Crippen molar-refractivity contribution < 1.29 is 26.1 Å². The molecule has 3 aromatic carbocycles. The van der Waals surface area contributed by atoms with Gasteiger partial charge >= 0.3 is 0 Å². The van der Waals surface area contributed by atoms with E-state index in [9.17, 15) is 31.3 Å². The van der Waals surface area contributed by atoms with Crippen LogP contribution in [0, 0.1) is 15.9 Å². The summed E-state index contributed by atoms with van der Waals surface area (Å²) in [5.74, 6) is -0.548. The second kappa shape index (κ2) is 8.54. The van der Waals surface area contributed by atoms with Gasteiger partial charge in [-0.1, -0.05) is 18.2 Å². The molecule has 0 saturated heterocycles. The van der Waals surface area contributed by atoms with Crippen LogP contribution >= 0.6 is 0 Å². The maximum Gasteiger partial charge on any atom is 0.289 e. The molecule has 4 rings (SSSR count). The Hall–Kier alpha value is -3.35. The lowest BCUT2D eigenvalue weighted by Gasteiger charge is -2.28. The molecule has 3 aromatic rings. The Morgan fingerprint density at radius 2 is 1.64 bits per heavy atom. The van der Waals surface area contributed by atoms with E-state index < -0.39 is 41.4 Å². The summed E-state index contributed by atoms with van der Waals surface area (Å²) in [5.41, 5.74) is 1.04. The third-order valence-electron chi connectivity index (χ3n) is 5.24. The number of nitrogens with one attached hydrogen (secondary N) is 1. The van der Waals surface area contributed by atoms with Gasteiger partial charge in [0.05, 0.1) is 9.82 Å². The second-order valence-corrected chi connectivity index (χ2v) is 10.9. The van der Waals surface area contributed by atoms with E-state index in [0.717, 1.165) is 29.8 Å². The van der Waals surface area contributed by atoms with Crippen molar-refractivity contribution in [1.29, 1.82) is 0 Å². The fraction of sp³-hybridized carbons (Fsp3) is 0.143. The van der Waals surface area contributed by atoms with E-state index in [-0.39, 0.29) is 23.7 Å². The van der Waals surface area contributed by atoms with Gasteiger partial charge in [-0.15, -0.1) is 0 Å². The first-order valence-corrected chi connectivity index (χ1v) is 12.6. The summed E-state index contributed by atoms with van der Waals surface area (Å²) in [6, 6.07) is 14.2. The third kappa shape index (κ3) is 4.58. The van der Waals surface area contributed by atoms with Crippen molar-refractivity contribution in [3.63, 3.8) is 0 Å². The SMILES string of the molecule is O=[N+]([O-])c1ccccc1S(=O)(=O)Nc1ccc2c(c1)CN(S(=O)(=O)c1ccc(F)cc1)CC2. The van der Waals surface area contributed by atoms with E-state index >= 15 is 0 Å². The minimum Gasteiger partial charge on any atom is -0.279 e. The maximum atomic E-state index is 13.2. The number of nitro benzene ring substituents is 1. The molecule has 33 heavy (non-hydrogen) atoms. The zero-order valence-corrected chi connectivity index (χ0v) is 18.6. The number of hydrogen-bond acceptors (Lipinski definition) is 6. The Bertz CT molecular complexity index is 1440. The number of fused-ring (bicyclic) bond motifs is 1. The highest BCUT2D eigenvalue weighted by molar-refractivity contribution is 7.92. The second-order valence-electron chi connectivity index (χ2n) is 7.36. The van der Waals surface area contributed by atoms with Crippen molar-refractivity contribution >= 4 is 31.4 Å². The first-order valence-electron chi connectivity index (χ1n) is 9.72. The molecule has 0 aromatic heterocycles. The summed E-state index contributed by atoms with van der Waals surface area (Å²) < 4.78 is 68.2.